The molecule has 0 amide bonds. The molecule has 10 fully saturated rings. The Kier molecular flexibility index (Phi) is 33.1. The molecule has 34 nitrogen and oxygen atoms in total. The molecule has 10 aliphatic rings. The molecule has 5 aliphatic heterocycles. The predicted octanol–water partition coefficient (Wildman–Crippen LogP) is 14.0. The van der Waals surface area contributed by atoms with Gasteiger partial charge in [-0.05, 0) is 243 Å². The Balaban J connectivity index is 0.000000128. The topological polar surface area (TPSA) is 513 Å². The lowest BCUT2D eigenvalue weighted by Crippen LogP contribution is -2.48. The molecule has 9 aromatic heterocycles. The van der Waals surface area contributed by atoms with Gasteiger partial charge in [0.25, 0.3) is 27.8 Å². The third kappa shape index (κ3) is 22.3. The summed E-state index contributed by atoms with van der Waals surface area (Å²) in [6.07, 6.45) is 34.2. The standard InChI is InChI=1S/C21H30N6OS.C20H25Cl2N5OS.C20H28ClN7OS.C20H28N6OS.C19H25N5OS/c1-13-11-16(22)21(12-13)6-9-27(10-7-21)20-25-18(23)17(19(28)26(20)3)29-15-5-4-8-24-14(15)2;1-26-18(28)16(29-13-5-2-4-12(21)15(13)22)17(24)25-19(26)27-10-8-20(9-11-27)7-3-6-14(20)23;1-11-9-13(22)20(10-11)4-7-28(8-5-20)19-26-17(24)15(18(29)27(19)2)30-12-3-6-25-16(23)14(12)21;1-13-14(5-4-10-23-13)28-16-17(22)24-19(25(2)18(16)27)26-11-8-20(9-12-26)7-3-6-15(20)21;1-13-14(4-3-9-21-13)26-15-12-22-18(23-17(15)25)24-10-7-19(8-11-24)6-2-5-16(19)20/h4-5,8,13,16H,6-7,9-12,22-23H2,1-3H3;2,4-5,14H,3,6-11,23-24H2,1H3;3,6,11,13H,4-5,7-10,22,24H2,1-2H3,(H2,23,25);4-5,10,15H,3,6-9,11-12,21-22H2,1-2H3;3-4,9,12,16H,2,5-8,10-11,20H2,1H3,(H,22,23,25)/t13-,16+;14-;11-,13+;15-;16-/m01011/s1. The van der Waals surface area contributed by atoms with E-state index in [2.05, 4.69) is 88.2 Å². The summed E-state index contributed by atoms with van der Waals surface area (Å²) in [6, 6.07) is 19.9. The molecule has 5 saturated carbocycles. The number of aromatic amines is 1. The van der Waals surface area contributed by atoms with Gasteiger partial charge in [0.15, 0.2) is 0 Å². The summed E-state index contributed by atoms with van der Waals surface area (Å²) in [5.41, 5.74) is 66.0. The predicted molar refractivity (Wildman–Crippen MR) is 576 cm³/mol. The fourth-order valence-corrected chi connectivity index (χ4v) is 28.6. The number of anilines is 10. The first-order chi connectivity index (χ1) is 67.8. The largest absolute Gasteiger partial charge is 0.382 e. The van der Waals surface area contributed by atoms with Crippen molar-refractivity contribution in [2.24, 2.45) is 95.8 Å². The first-order valence-electron chi connectivity index (χ1n) is 49.4. The molecule has 42 heteroatoms. The number of nitrogens with zero attached hydrogens (tertiary/aromatic N) is 18. The van der Waals surface area contributed by atoms with Crippen LogP contribution in [0, 0.1) is 59.7 Å². The summed E-state index contributed by atoms with van der Waals surface area (Å²) in [5, 5.41) is 1.14. The van der Waals surface area contributed by atoms with Crippen LogP contribution in [0.5, 0.6) is 0 Å². The third-order valence-corrected chi connectivity index (χ3v) is 39.4. The van der Waals surface area contributed by atoms with Gasteiger partial charge in [0.1, 0.15) is 48.7 Å². The van der Waals surface area contributed by atoms with Crippen molar-refractivity contribution in [2.75, 3.05) is 119 Å². The van der Waals surface area contributed by atoms with Crippen molar-refractivity contribution in [3.8, 4) is 0 Å². The van der Waals surface area contributed by atoms with Gasteiger partial charge in [-0.3, -0.25) is 62.2 Å². The number of nitrogens with two attached hydrogens (primary N) is 10. The molecule has 14 heterocycles. The second-order valence-electron chi connectivity index (χ2n) is 40.7. The van der Waals surface area contributed by atoms with Crippen LogP contribution in [0.15, 0.2) is 165 Å². The Labute approximate surface area is 865 Å². The Morgan fingerprint density at radius 1 is 0.345 bits per heavy atom. The van der Waals surface area contributed by atoms with Crippen LogP contribution in [0.3, 0.4) is 0 Å². The maximum absolute atomic E-state index is 13.1. The average molecular weight is 2090 g/mol. The molecular formula is C100H136Cl3N29O5S5. The van der Waals surface area contributed by atoms with Gasteiger partial charge in [0.05, 0.1) is 43.2 Å². The summed E-state index contributed by atoms with van der Waals surface area (Å²) in [5.74, 6) is 5.71. The zero-order chi connectivity index (χ0) is 101. The number of H-pyrrole nitrogens is 1. The molecule has 0 unspecified atom stereocenters. The van der Waals surface area contributed by atoms with Gasteiger partial charge in [-0.25, -0.2) is 9.97 Å². The highest BCUT2D eigenvalue weighted by atomic mass is 35.5. The van der Waals surface area contributed by atoms with Gasteiger partial charge in [0, 0.05) is 173 Å². The molecule has 0 radical (unpaired) electrons. The second-order valence-corrected chi connectivity index (χ2v) is 47.2. The van der Waals surface area contributed by atoms with Crippen molar-refractivity contribution in [2.45, 2.75) is 261 Å². The van der Waals surface area contributed by atoms with E-state index in [9.17, 15) is 24.0 Å². The van der Waals surface area contributed by atoms with E-state index in [0.29, 0.717) is 108 Å². The first kappa shape index (κ1) is 105. The molecule has 7 atom stereocenters. The minimum atomic E-state index is -0.208. The monoisotopic (exact) mass is 2090 g/mol. The molecule has 762 valence electrons. The van der Waals surface area contributed by atoms with Crippen molar-refractivity contribution in [1.82, 2.24) is 68.1 Å². The molecule has 5 saturated heterocycles. The number of benzene rings is 1. The summed E-state index contributed by atoms with van der Waals surface area (Å²) in [6.45, 7) is 18.9. The van der Waals surface area contributed by atoms with Gasteiger partial charge in [-0.15, -0.1) is 0 Å². The number of rotatable bonds is 15. The van der Waals surface area contributed by atoms with E-state index in [1.165, 1.54) is 98.4 Å². The molecular weight excluding hydrogens is 1950 g/mol. The normalized spacial score (nSPS) is 22.3. The number of pyridine rings is 4. The maximum Gasteiger partial charge on any atom is 0.270 e. The highest BCUT2D eigenvalue weighted by Gasteiger charge is 2.50. The Hall–Kier alpha value is -9.36. The first-order valence-corrected chi connectivity index (χ1v) is 54.6. The number of nitrogens with one attached hydrogen (secondary N) is 1. The zero-order valence-corrected chi connectivity index (χ0v) is 88.9. The number of aromatic nitrogens is 14. The lowest BCUT2D eigenvalue weighted by atomic mass is 9.74. The summed E-state index contributed by atoms with van der Waals surface area (Å²) in [4.78, 5) is 125. The van der Waals surface area contributed by atoms with Crippen LogP contribution in [-0.4, -0.2) is 164 Å². The SMILES string of the molecule is C[C@H]1C[C@@H](N)C2(CCN(c3nc(N)c(Sc4ccnc(N)c4Cl)c(=O)n3C)CC2)C1.Cc1ncccc1Sc1c(N)nc(N2CCC3(CC2)C[C@@H](C)C[C@H]3N)n(C)c1=O.Cc1ncccc1Sc1c(N)nc(N2CCC3(CCC[C@H]3N)CC2)n(C)c1=O.Cc1ncccc1Sc1cnc(N2CCC3(CCC[C@H]3N)CC2)[nH]c1=O.Cn1c(N2CCC3(CCC[C@H]3N)CC2)nc(N)c(Sc2cccc(Cl)c2Cl)c1=O. The molecule has 1 aromatic carbocycles. The highest BCUT2D eigenvalue weighted by Crippen LogP contribution is 2.53. The van der Waals surface area contributed by atoms with E-state index in [1.54, 1.807) is 102 Å². The molecule has 5 spiro atoms. The number of nitrogen functional groups attached to an aromatic ring is 5. The van der Waals surface area contributed by atoms with Crippen LogP contribution in [0.4, 0.5) is 58.8 Å². The van der Waals surface area contributed by atoms with E-state index in [-0.39, 0.29) is 96.7 Å². The summed E-state index contributed by atoms with van der Waals surface area (Å²) >= 11 is 25.0. The van der Waals surface area contributed by atoms with E-state index < -0.39 is 0 Å². The zero-order valence-electron chi connectivity index (χ0n) is 82.6. The fraction of sp³-hybridized carbons (Fsp3) is 0.540. The molecule has 21 N–H and O–H groups in total. The number of piperidine rings is 5. The van der Waals surface area contributed by atoms with Gasteiger partial charge >= 0.3 is 0 Å². The lowest BCUT2D eigenvalue weighted by molar-refractivity contribution is 0.192. The van der Waals surface area contributed by atoms with Gasteiger partial charge in [0.2, 0.25) is 29.7 Å². The fourth-order valence-electron chi connectivity index (χ4n) is 23.3. The third-order valence-electron chi connectivity index (χ3n) is 32.1. The number of halogens is 3. The Morgan fingerprint density at radius 2 is 0.655 bits per heavy atom. The van der Waals surface area contributed by atoms with Crippen LogP contribution in [0.25, 0.3) is 0 Å². The summed E-state index contributed by atoms with van der Waals surface area (Å²) in [7, 11) is 7.01. The highest BCUT2D eigenvalue weighted by molar-refractivity contribution is 8.00. The number of hydrogen-bond donors (Lipinski definition) is 11. The van der Waals surface area contributed by atoms with E-state index >= 15 is 0 Å². The minimum Gasteiger partial charge on any atom is -0.382 e. The van der Waals surface area contributed by atoms with Crippen LogP contribution in [0.1, 0.15) is 179 Å². The Bertz CT molecular complexity index is 6550. The number of hydrogen-bond acceptors (Lipinski definition) is 34. The van der Waals surface area contributed by atoms with E-state index in [1.807, 2.05) is 57.2 Å². The van der Waals surface area contributed by atoms with Crippen molar-refractivity contribution in [3.63, 3.8) is 0 Å². The van der Waals surface area contributed by atoms with Crippen LogP contribution in [-0.2, 0) is 28.2 Å². The average Bonchev–Trinajstić information content (AvgIpc) is 1.02. The van der Waals surface area contributed by atoms with E-state index in [0.717, 1.165) is 205 Å². The smallest absolute Gasteiger partial charge is 0.270 e. The van der Waals surface area contributed by atoms with Crippen LogP contribution >= 0.6 is 93.6 Å². The van der Waals surface area contributed by atoms with Crippen LogP contribution < -0.4 is 110 Å². The molecule has 0 bridgehead atoms. The number of aryl methyl sites for hydroxylation is 3. The molecule has 5 aliphatic carbocycles. The second kappa shape index (κ2) is 44.5. The van der Waals surface area contributed by atoms with Crippen molar-refractivity contribution >= 4 is 152 Å². The maximum atomic E-state index is 13.1. The van der Waals surface area contributed by atoms with Gasteiger partial charge < -0.3 is 81.8 Å². The van der Waals surface area contributed by atoms with Crippen molar-refractivity contribution in [1.29, 1.82) is 0 Å². The van der Waals surface area contributed by atoms with Gasteiger partial charge in [-0.1, -0.05) is 133 Å². The molecule has 10 aromatic rings. The summed E-state index contributed by atoms with van der Waals surface area (Å²) < 4.78 is 6.38. The molecule has 20 rings (SSSR count). The lowest BCUT2D eigenvalue weighted by Gasteiger charge is -2.42. The minimum absolute atomic E-state index is 0.0962. The van der Waals surface area contributed by atoms with E-state index in [4.69, 9.17) is 92.1 Å². The Morgan fingerprint density at radius 3 is 0.965 bits per heavy atom. The molecule has 142 heavy (non-hydrogen) atoms. The van der Waals surface area contributed by atoms with Crippen molar-refractivity contribution < 1.29 is 0 Å². The van der Waals surface area contributed by atoms with Gasteiger partial charge in [-0.2, -0.15) is 19.9 Å². The van der Waals surface area contributed by atoms with Crippen molar-refractivity contribution in [3.05, 3.63) is 176 Å². The quantitative estimate of drug-likeness (QED) is 0.0454. The van der Waals surface area contributed by atoms with Crippen LogP contribution in [0.2, 0.25) is 15.1 Å².